The van der Waals surface area contributed by atoms with Crippen LogP contribution in [0.4, 0.5) is 34.1 Å². The third-order valence-corrected chi connectivity index (χ3v) is 9.97. The zero-order valence-electron chi connectivity index (χ0n) is 28.5. The first-order valence-electron chi connectivity index (χ1n) is 16.3. The fraction of sp³-hybridized carbons (Fsp3) is 0.139. The molecule has 3 aliphatic rings. The normalized spacial score (nSPS) is 14.9. The number of rotatable bonds is 3. The van der Waals surface area contributed by atoms with Crippen molar-refractivity contribution >= 4 is 94.3 Å². The molecule has 0 radical (unpaired) electrons. The van der Waals surface area contributed by atoms with E-state index in [0.717, 1.165) is 23.4 Å². The Hall–Kier alpha value is -6.30. The number of anilines is 4. The number of carbonyl (C=O) groups excluding carboxylic acids is 2. The van der Waals surface area contributed by atoms with E-state index in [1.807, 2.05) is 18.2 Å². The van der Waals surface area contributed by atoms with Gasteiger partial charge in [0.05, 0.1) is 31.2 Å². The van der Waals surface area contributed by atoms with Crippen LogP contribution >= 0.6 is 22.3 Å². The second-order valence-corrected chi connectivity index (χ2v) is 14.9. The first-order chi connectivity index (χ1) is 26.1. The number of hydrogen-bond donors (Lipinski definition) is 5. The molecule has 0 saturated heterocycles. The Kier molecular flexibility index (Phi) is 12.5. The highest BCUT2D eigenvalue weighted by Gasteiger charge is 2.23. The third kappa shape index (κ3) is 10.0. The number of benzene rings is 4. The Morgan fingerprint density at radius 2 is 1.27 bits per heavy atom. The lowest BCUT2D eigenvalue weighted by Crippen LogP contribution is -2.20. The molecule has 5 aromatic rings. The van der Waals surface area contributed by atoms with Gasteiger partial charge in [0.15, 0.2) is 0 Å². The number of nitrogen functional groups attached to an aromatic ring is 1. The van der Waals surface area contributed by atoms with Crippen LogP contribution in [0.5, 0.6) is 0 Å². The number of amides is 2. The monoisotopic (exact) mass is 807 g/mol. The molecule has 1 atom stereocenters. The zero-order valence-corrected chi connectivity index (χ0v) is 30.8. The molecule has 16 nitrogen and oxygen atoms in total. The molecule has 19 heteroatoms. The molecule has 4 aromatic carbocycles. The minimum absolute atomic E-state index is 0.00116. The molecule has 4 heterocycles. The van der Waals surface area contributed by atoms with Gasteiger partial charge in [0.1, 0.15) is 5.50 Å². The molecule has 1 unspecified atom stereocenters. The SMILES string of the molecule is Nc1cccc2c1CCC(=O)N2.O=C1CCc2c(cccc2S(=O)(=O)Cl)N1.O=[N+]([O-])c1cccc2c1C=CC(Cl)N2.O=c1ccc2c([N+](=O)[O-])cccc2[nH]1. The summed E-state index contributed by atoms with van der Waals surface area (Å²) in [6.07, 6.45) is 5.34. The van der Waals surface area contributed by atoms with Crippen LogP contribution in [0, 0.1) is 20.2 Å². The van der Waals surface area contributed by atoms with Crippen molar-refractivity contribution in [3.8, 4) is 0 Å². The number of hydrogen-bond acceptors (Lipinski definition) is 11. The Morgan fingerprint density at radius 3 is 1.93 bits per heavy atom. The topological polar surface area (TPSA) is 250 Å². The smallest absolute Gasteiger partial charge is 0.278 e. The molecule has 1 aromatic heterocycles. The molecule has 3 aliphatic heterocycles. The molecular formula is C36H31Cl2N7O9S. The number of nitro benzene ring substituents is 2. The molecule has 0 bridgehead atoms. The molecule has 0 aliphatic carbocycles. The summed E-state index contributed by atoms with van der Waals surface area (Å²) < 4.78 is 22.5. The van der Waals surface area contributed by atoms with Crippen LogP contribution in [0.3, 0.4) is 0 Å². The van der Waals surface area contributed by atoms with Crippen LogP contribution in [0.25, 0.3) is 17.0 Å². The highest BCUT2D eigenvalue weighted by molar-refractivity contribution is 8.13. The Balaban J connectivity index is 0.000000141. The third-order valence-electron chi connectivity index (χ3n) is 8.30. The van der Waals surface area contributed by atoms with E-state index in [0.29, 0.717) is 46.2 Å². The molecule has 6 N–H and O–H groups in total. The summed E-state index contributed by atoms with van der Waals surface area (Å²) in [4.78, 5) is 56.0. The molecular weight excluding hydrogens is 777 g/mol. The van der Waals surface area contributed by atoms with E-state index < -0.39 is 18.9 Å². The number of nitrogens with two attached hydrogens (primary N) is 1. The number of aromatic amines is 1. The van der Waals surface area contributed by atoms with Gasteiger partial charge in [-0.15, -0.1) is 0 Å². The van der Waals surface area contributed by atoms with Crippen molar-refractivity contribution in [1.82, 2.24) is 4.98 Å². The zero-order chi connectivity index (χ0) is 39.9. The van der Waals surface area contributed by atoms with Gasteiger partial charge >= 0.3 is 0 Å². The number of halogens is 2. The number of H-pyrrole nitrogens is 1. The van der Waals surface area contributed by atoms with Gasteiger partial charge in [-0.3, -0.25) is 34.6 Å². The number of fused-ring (bicyclic) bond motifs is 4. The Labute approximate surface area is 322 Å². The molecule has 284 valence electrons. The maximum atomic E-state index is 11.2. The van der Waals surface area contributed by atoms with E-state index in [4.69, 9.17) is 28.0 Å². The molecule has 55 heavy (non-hydrogen) atoms. The summed E-state index contributed by atoms with van der Waals surface area (Å²) in [5.74, 6) is -0.0280. The number of alkyl halides is 1. The summed E-state index contributed by atoms with van der Waals surface area (Å²) in [5.41, 5.74) is 10.8. The van der Waals surface area contributed by atoms with E-state index in [-0.39, 0.29) is 45.6 Å². The van der Waals surface area contributed by atoms with E-state index >= 15 is 0 Å². The van der Waals surface area contributed by atoms with E-state index in [2.05, 4.69) is 20.9 Å². The number of nitrogens with one attached hydrogen (secondary N) is 4. The van der Waals surface area contributed by atoms with Crippen molar-refractivity contribution in [2.45, 2.75) is 36.1 Å². The first kappa shape index (κ1) is 39.9. The van der Waals surface area contributed by atoms with Gasteiger partial charge in [0, 0.05) is 64.5 Å². The second-order valence-electron chi connectivity index (χ2n) is 11.9. The lowest BCUT2D eigenvalue weighted by Gasteiger charge is -2.18. The highest BCUT2D eigenvalue weighted by Crippen LogP contribution is 2.32. The highest BCUT2D eigenvalue weighted by atomic mass is 35.7. The van der Waals surface area contributed by atoms with Crippen LogP contribution in [0.2, 0.25) is 0 Å². The molecule has 8 rings (SSSR count). The quantitative estimate of drug-likeness (QED) is 0.0321. The predicted molar refractivity (Wildman–Crippen MR) is 211 cm³/mol. The average molecular weight is 809 g/mol. The van der Waals surface area contributed by atoms with Gasteiger partial charge in [0.2, 0.25) is 17.4 Å². The largest absolute Gasteiger partial charge is 0.398 e. The van der Waals surface area contributed by atoms with E-state index in [9.17, 15) is 43.0 Å². The van der Waals surface area contributed by atoms with Gasteiger partial charge in [0.25, 0.3) is 20.4 Å². The standard InChI is InChI=1S/C9H7ClN2O2.C9H8ClNO3S.C9H6N2O3.C9H10N2O/c10-9-5-4-6-7(11-9)2-1-3-8(6)12(13)14;10-15(13,14)8-3-1-2-7-6(8)4-5-9(12)11-7;12-9-5-4-6-7(10-9)2-1-3-8(6)11(13)14;10-7-2-1-3-8-6(7)4-5-9(12)11-8/h1-5,9,11H;1-3H,4-5H2,(H,11,12);1-5H,(H,10,12);1-3H,4-5,10H2,(H,11,12). The lowest BCUT2D eigenvalue weighted by molar-refractivity contribution is -0.385. The Morgan fingerprint density at radius 1 is 0.709 bits per heavy atom. The van der Waals surface area contributed by atoms with Crippen LogP contribution in [0.1, 0.15) is 29.5 Å². The summed E-state index contributed by atoms with van der Waals surface area (Å²) in [5, 5.41) is 30.0. The minimum atomic E-state index is -3.74. The summed E-state index contributed by atoms with van der Waals surface area (Å²) in [6, 6.07) is 22.4. The molecule has 0 saturated carbocycles. The summed E-state index contributed by atoms with van der Waals surface area (Å²) in [6.45, 7) is 0. The van der Waals surface area contributed by atoms with Crippen molar-refractivity contribution in [3.63, 3.8) is 0 Å². The average Bonchev–Trinajstić information content (AvgIpc) is 3.14. The van der Waals surface area contributed by atoms with Crippen LogP contribution in [-0.2, 0) is 31.5 Å². The number of non-ortho nitro benzene ring substituents is 1. The maximum absolute atomic E-state index is 11.2. The number of nitro groups is 2. The van der Waals surface area contributed by atoms with Crippen LogP contribution in [0.15, 0.2) is 101 Å². The van der Waals surface area contributed by atoms with Crippen molar-refractivity contribution < 1.29 is 27.9 Å². The number of carbonyl (C=O) groups is 2. The fourth-order valence-electron chi connectivity index (χ4n) is 5.79. The van der Waals surface area contributed by atoms with Crippen molar-refractivity contribution in [2.75, 3.05) is 21.7 Å². The molecule has 0 spiro atoms. The number of aromatic nitrogens is 1. The van der Waals surface area contributed by atoms with Crippen LogP contribution in [-0.4, -0.2) is 40.6 Å². The maximum Gasteiger partial charge on any atom is 0.278 e. The van der Waals surface area contributed by atoms with Crippen LogP contribution < -0.4 is 27.2 Å². The predicted octanol–water partition coefficient (Wildman–Crippen LogP) is 6.69. The van der Waals surface area contributed by atoms with E-state index in [1.54, 1.807) is 42.5 Å². The van der Waals surface area contributed by atoms with Crippen molar-refractivity contribution in [3.05, 3.63) is 138 Å². The van der Waals surface area contributed by atoms with E-state index in [1.165, 1.54) is 36.4 Å². The number of pyridine rings is 1. The van der Waals surface area contributed by atoms with Gasteiger partial charge in [-0.2, -0.15) is 0 Å². The van der Waals surface area contributed by atoms with Gasteiger partial charge in [-0.05, 0) is 78.6 Å². The fourth-order valence-corrected chi connectivity index (χ4v) is 7.16. The van der Waals surface area contributed by atoms with Gasteiger partial charge in [-0.25, -0.2) is 8.42 Å². The summed E-state index contributed by atoms with van der Waals surface area (Å²) in [7, 11) is 1.55. The first-order valence-corrected chi connectivity index (χ1v) is 19.0. The van der Waals surface area contributed by atoms with Crippen molar-refractivity contribution in [1.29, 1.82) is 0 Å². The summed E-state index contributed by atoms with van der Waals surface area (Å²) >= 11 is 5.81. The molecule has 2 amide bonds. The second kappa shape index (κ2) is 17.2. The number of nitrogens with zero attached hydrogens (tertiary/aromatic N) is 2. The minimum Gasteiger partial charge on any atom is -0.398 e. The Bertz CT molecular complexity index is 2530. The van der Waals surface area contributed by atoms with Gasteiger partial charge < -0.3 is 26.7 Å². The lowest BCUT2D eigenvalue weighted by atomic mass is 10.0. The van der Waals surface area contributed by atoms with Gasteiger partial charge in [-0.1, -0.05) is 35.9 Å². The van der Waals surface area contributed by atoms with Crippen molar-refractivity contribution in [2.24, 2.45) is 0 Å². The molecule has 0 fully saturated rings.